The van der Waals surface area contributed by atoms with Gasteiger partial charge in [-0.05, 0) is 12.3 Å². The third-order valence-electron chi connectivity index (χ3n) is 3.48. The number of aliphatic carboxylic acids is 1. The molecule has 0 bridgehead atoms. The number of amides is 2. The van der Waals surface area contributed by atoms with Crippen molar-refractivity contribution < 1.29 is 19.5 Å². The second kappa shape index (κ2) is 11.1. The maximum atomic E-state index is 11.7. The fourth-order valence-electron chi connectivity index (χ4n) is 1.85. The zero-order chi connectivity index (χ0) is 16.3. The van der Waals surface area contributed by atoms with Gasteiger partial charge in [0.2, 0.25) is 11.8 Å². The van der Waals surface area contributed by atoms with Crippen LogP contribution in [0.15, 0.2) is 0 Å². The number of carboxylic acids is 1. The van der Waals surface area contributed by atoms with Gasteiger partial charge in [0, 0.05) is 19.4 Å². The van der Waals surface area contributed by atoms with E-state index >= 15 is 0 Å². The van der Waals surface area contributed by atoms with E-state index in [9.17, 15) is 14.4 Å². The van der Waals surface area contributed by atoms with Gasteiger partial charge < -0.3 is 15.7 Å². The summed E-state index contributed by atoms with van der Waals surface area (Å²) in [5.41, 5.74) is 0. The highest BCUT2D eigenvalue weighted by Gasteiger charge is 2.25. The van der Waals surface area contributed by atoms with Crippen molar-refractivity contribution in [3.8, 4) is 0 Å². The van der Waals surface area contributed by atoms with Crippen LogP contribution in [0.25, 0.3) is 0 Å². The van der Waals surface area contributed by atoms with Gasteiger partial charge in [-0.25, -0.2) is 4.79 Å². The van der Waals surface area contributed by atoms with Gasteiger partial charge in [-0.15, -0.1) is 0 Å². The Balaban J connectivity index is 4.02. The van der Waals surface area contributed by atoms with Crippen LogP contribution in [0.3, 0.4) is 0 Å². The lowest BCUT2D eigenvalue weighted by Crippen LogP contribution is -2.45. The first-order valence-corrected chi connectivity index (χ1v) is 7.71. The first-order chi connectivity index (χ1) is 9.92. The number of unbranched alkanes of at least 4 members (excludes halogenated alkanes) is 2. The minimum Gasteiger partial charge on any atom is -0.480 e. The van der Waals surface area contributed by atoms with Gasteiger partial charge in [-0.3, -0.25) is 9.59 Å². The largest absolute Gasteiger partial charge is 0.480 e. The topological polar surface area (TPSA) is 95.5 Å². The molecule has 0 aromatic carbocycles. The molecule has 2 unspecified atom stereocenters. The van der Waals surface area contributed by atoms with E-state index in [0.29, 0.717) is 13.0 Å². The van der Waals surface area contributed by atoms with Crippen molar-refractivity contribution in [2.75, 3.05) is 6.54 Å². The van der Waals surface area contributed by atoms with E-state index < -0.39 is 17.9 Å². The van der Waals surface area contributed by atoms with Gasteiger partial charge in [-0.1, -0.05) is 40.0 Å². The zero-order valence-corrected chi connectivity index (χ0v) is 13.3. The molecule has 0 saturated heterocycles. The quantitative estimate of drug-likeness (QED) is 0.506. The maximum Gasteiger partial charge on any atom is 0.326 e. The fourth-order valence-corrected chi connectivity index (χ4v) is 1.85. The second-order valence-electron chi connectivity index (χ2n) is 5.33. The molecule has 122 valence electrons. The minimum absolute atomic E-state index is 0.0137. The lowest BCUT2D eigenvalue weighted by molar-refractivity contribution is -0.143. The molecule has 3 N–H and O–H groups in total. The van der Waals surface area contributed by atoms with Crippen LogP contribution in [-0.2, 0) is 14.4 Å². The molecular weight excluding hydrogens is 272 g/mol. The van der Waals surface area contributed by atoms with Gasteiger partial charge in [0.25, 0.3) is 0 Å². The summed E-state index contributed by atoms with van der Waals surface area (Å²) in [7, 11) is 0. The molecule has 0 aliphatic carbocycles. The van der Waals surface area contributed by atoms with E-state index in [1.165, 1.54) is 0 Å². The molecule has 0 saturated carbocycles. The number of carbonyl (C=O) groups excluding carboxylic acids is 2. The van der Waals surface area contributed by atoms with Crippen molar-refractivity contribution in [3.63, 3.8) is 0 Å². The number of carboxylic acid groups (broad SMARTS) is 1. The van der Waals surface area contributed by atoms with E-state index in [-0.39, 0.29) is 24.7 Å². The predicted molar refractivity (Wildman–Crippen MR) is 80.8 cm³/mol. The van der Waals surface area contributed by atoms with Gasteiger partial charge in [0.15, 0.2) is 0 Å². The Morgan fingerprint density at radius 1 is 1.05 bits per heavy atom. The number of carbonyl (C=O) groups is 3. The zero-order valence-electron chi connectivity index (χ0n) is 13.3. The van der Waals surface area contributed by atoms with Crippen LogP contribution >= 0.6 is 0 Å². The van der Waals surface area contributed by atoms with E-state index in [1.54, 1.807) is 6.92 Å². The van der Waals surface area contributed by atoms with Gasteiger partial charge in [-0.2, -0.15) is 0 Å². The Kier molecular flexibility index (Phi) is 10.3. The summed E-state index contributed by atoms with van der Waals surface area (Å²) in [5.74, 6) is -1.75. The first-order valence-electron chi connectivity index (χ1n) is 7.71. The second-order valence-corrected chi connectivity index (χ2v) is 5.33. The molecule has 0 spiro atoms. The third-order valence-corrected chi connectivity index (χ3v) is 3.48. The molecule has 0 rings (SSSR count). The summed E-state index contributed by atoms with van der Waals surface area (Å²) in [6, 6.07) is -0.893. The molecule has 0 aliphatic rings. The predicted octanol–water partition coefficient (Wildman–Crippen LogP) is 1.69. The summed E-state index contributed by atoms with van der Waals surface area (Å²) < 4.78 is 0. The number of rotatable bonds is 11. The Morgan fingerprint density at radius 3 is 2.19 bits per heavy atom. The average Bonchev–Trinajstić information content (AvgIpc) is 2.46. The number of hydrogen-bond donors (Lipinski definition) is 3. The fraction of sp³-hybridized carbons (Fsp3) is 0.800. The molecule has 0 heterocycles. The van der Waals surface area contributed by atoms with E-state index in [1.807, 2.05) is 6.92 Å². The highest BCUT2D eigenvalue weighted by Crippen LogP contribution is 2.08. The van der Waals surface area contributed by atoms with Crippen molar-refractivity contribution in [2.24, 2.45) is 5.92 Å². The van der Waals surface area contributed by atoms with E-state index in [2.05, 4.69) is 17.6 Å². The summed E-state index contributed by atoms with van der Waals surface area (Å²) in [4.78, 5) is 34.3. The summed E-state index contributed by atoms with van der Waals surface area (Å²) >= 11 is 0. The van der Waals surface area contributed by atoms with E-state index in [0.717, 1.165) is 19.3 Å². The molecule has 6 heteroatoms. The van der Waals surface area contributed by atoms with Crippen LogP contribution in [-0.4, -0.2) is 35.5 Å². The lowest BCUT2D eigenvalue weighted by atomic mass is 9.99. The molecule has 0 fully saturated rings. The Morgan fingerprint density at radius 2 is 1.67 bits per heavy atom. The Bertz CT molecular complexity index is 345. The molecular formula is C15H28N2O4. The molecule has 0 aliphatic heterocycles. The van der Waals surface area contributed by atoms with Crippen molar-refractivity contribution in [2.45, 2.75) is 65.3 Å². The Labute approximate surface area is 126 Å². The minimum atomic E-state index is -1.04. The van der Waals surface area contributed by atoms with Crippen LogP contribution in [0.2, 0.25) is 0 Å². The standard InChI is InChI=1S/C15H28N2O4/c1-4-6-7-10-16-12(18)8-9-13(19)17-14(15(20)21)11(3)5-2/h11,14H,4-10H2,1-3H3,(H,16,18)(H,17,19)(H,20,21). The van der Waals surface area contributed by atoms with Crippen molar-refractivity contribution in [1.82, 2.24) is 10.6 Å². The van der Waals surface area contributed by atoms with Crippen LogP contribution in [0.1, 0.15) is 59.3 Å². The van der Waals surface area contributed by atoms with Crippen molar-refractivity contribution in [3.05, 3.63) is 0 Å². The summed E-state index contributed by atoms with van der Waals surface area (Å²) in [6.45, 7) is 6.36. The highest BCUT2D eigenvalue weighted by molar-refractivity contribution is 5.87. The van der Waals surface area contributed by atoms with Gasteiger partial charge in [0.1, 0.15) is 6.04 Å². The number of nitrogens with one attached hydrogen (secondary N) is 2. The van der Waals surface area contributed by atoms with Gasteiger partial charge >= 0.3 is 5.97 Å². The average molecular weight is 300 g/mol. The molecule has 21 heavy (non-hydrogen) atoms. The summed E-state index contributed by atoms with van der Waals surface area (Å²) in [6.07, 6.45) is 3.85. The van der Waals surface area contributed by atoms with Crippen LogP contribution in [0.5, 0.6) is 0 Å². The van der Waals surface area contributed by atoms with Crippen LogP contribution in [0.4, 0.5) is 0 Å². The highest BCUT2D eigenvalue weighted by atomic mass is 16.4. The molecule has 0 radical (unpaired) electrons. The maximum absolute atomic E-state index is 11.7. The third kappa shape index (κ3) is 9.05. The molecule has 6 nitrogen and oxygen atoms in total. The van der Waals surface area contributed by atoms with Gasteiger partial charge in [0.05, 0.1) is 0 Å². The summed E-state index contributed by atoms with van der Waals surface area (Å²) in [5, 5.41) is 14.3. The van der Waals surface area contributed by atoms with Crippen LogP contribution in [0, 0.1) is 5.92 Å². The molecule has 0 aromatic heterocycles. The normalized spacial score (nSPS) is 13.3. The van der Waals surface area contributed by atoms with Crippen molar-refractivity contribution >= 4 is 17.8 Å². The van der Waals surface area contributed by atoms with E-state index in [4.69, 9.17) is 5.11 Å². The Hall–Kier alpha value is -1.59. The monoisotopic (exact) mass is 300 g/mol. The SMILES string of the molecule is CCCCCNC(=O)CCC(=O)NC(C(=O)O)C(C)CC. The molecule has 2 atom stereocenters. The van der Waals surface area contributed by atoms with Crippen molar-refractivity contribution in [1.29, 1.82) is 0 Å². The molecule has 2 amide bonds. The lowest BCUT2D eigenvalue weighted by Gasteiger charge is -2.20. The molecule has 0 aromatic rings. The smallest absolute Gasteiger partial charge is 0.326 e. The number of hydrogen-bond acceptors (Lipinski definition) is 3. The first kappa shape index (κ1) is 19.4. The van der Waals surface area contributed by atoms with Crippen LogP contribution < -0.4 is 10.6 Å².